The molecule has 0 radical (unpaired) electrons. The molecule has 0 bridgehead atoms. The van der Waals surface area contributed by atoms with Crippen molar-refractivity contribution in [3.05, 3.63) is 49.8 Å². The van der Waals surface area contributed by atoms with Crippen LogP contribution in [0.2, 0.25) is 5.02 Å². The van der Waals surface area contributed by atoms with Crippen LogP contribution < -0.4 is 10.6 Å². The number of nitrogens with one attached hydrogen (secondary N) is 1. The van der Waals surface area contributed by atoms with Crippen LogP contribution in [-0.4, -0.2) is 21.6 Å². The van der Waals surface area contributed by atoms with E-state index in [1.165, 1.54) is 11.8 Å². The molecule has 2 heterocycles. The SMILES string of the molecule is CN1N=C(SCc2ccc(Br)cc2Cl)Sc2c1cn[nH]c2=O. The van der Waals surface area contributed by atoms with Gasteiger partial charge in [0.25, 0.3) is 5.56 Å². The minimum Gasteiger partial charge on any atom is -0.267 e. The molecule has 0 amide bonds. The van der Waals surface area contributed by atoms with E-state index < -0.39 is 0 Å². The van der Waals surface area contributed by atoms with Gasteiger partial charge in [-0.05, 0) is 17.7 Å². The zero-order valence-corrected chi connectivity index (χ0v) is 15.3. The molecule has 0 saturated heterocycles. The third-order valence-corrected chi connectivity index (χ3v) is 6.02. The first-order valence-electron chi connectivity index (χ1n) is 6.19. The molecule has 1 N–H and O–H groups in total. The smallest absolute Gasteiger partial charge is 0.267 e. The predicted molar refractivity (Wildman–Crippen MR) is 97.0 cm³/mol. The van der Waals surface area contributed by atoms with Gasteiger partial charge in [0, 0.05) is 22.3 Å². The van der Waals surface area contributed by atoms with Crippen molar-refractivity contribution in [2.45, 2.75) is 10.6 Å². The first-order valence-corrected chi connectivity index (χ1v) is 9.16. The van der Waals surface area contributed by atoms with Gasteiger partial charge in [-0.15, -0.1) is 0 Å². The molecule has 1 aliphatic rings. The Labute approximate surface area is 148 Å². The summed E-state index contributed by atoms with van der Waals surface area (Å²) in [7, 11) is 1.80. The number of aromatic nitrogens is 2. The van der Waals surface area contributed by atoms with E-state index in [9.17, 15) is 4.79 Å². The van der Waals surface area contributed by atoms with Crippen molar-refractivity contribution in [3.63, 3.8) is 0 Å². The Balaban J connectivity index is 1.77. The predicted octanol–water partition coefficient (Wildman–Crippen LogP) is 3.93. The Hall–Kier alpha value is -0.960. The number of thioether (sulfide) groups is 2. The number of anilines is 1. The van der Waals surface area contributed by atoms with Crippen LogP contribution in [0.1, 0.15) is 5.56 Å². The molecular formula is C13H10BrClN4OS2. The molecule has 5 nitrogen and oxygen atoms in total. The molecular weight excluding hydrogens is 408 g/mol. The number of halogens is 2. The largest absolute Gasteiger partial charge is 0.280 e. The van der Waals surface area contributed by atoms with E-state index in [2.05, 4.69) is 31.2 Å². The summed E-state index contributed by atoms with van der Waals surface area (Å²) in [5, 5.41) is 13.1. The number of nitrogens with zero attached hydrogens (tertiary/aromatic N) is 3. The van der Waals surface area contributed by atoms with Gasteiger partial charge in [0.05, 0.1) is 11.9 Å². The highest BCUT2D eigenvalue weighted by atomic mass is 79.9. The van der Waals surface area contributed by atoms with Gasteiger partial charge in [-0.2, -0.15) is 10.2 Å². The quantitative estimate of drug-likeness (QED) is 0.802. The van der Waals surface area contributed by atoms with Crippen molar-refractivity contribution in [3.8, 4) is 0 Å². The molecule has 22 heavy (non-hydrogen) atoms. The lowest BCUT2D eigenvalue weighted by Crippen LogP contribution is -2.22. The fourth-order valence-corrected chi connectivity index (χ4v) is 4.79. The van der Waals surface area contributed by atoms with E-state index in [4.69, 9.17) is 11.6 Å². The maximum absolute atomic E-state index is 11.9. The number of hydrazone groups is 1. The van der Waals surface area contributed by atoms with Crippen LogP contribution in [0, 0.1) is 0 Å². The van der Waals surface area contributed by atoms with Gasteiger partial charge in [-0.25, -0.2) is 5.10 Å². The number of benzene rings is 1. The van der Waals surface area contributed by atoms with Crippen LogP contribution >= 0.6 is 51.1 Å². The first-order chi connectivity index (χ1) is 10.5. The van der Waals surface area contributed by atoms with E-state index >= 15 is 0 Å². The lowest BCUT2D eigenvalue weighted by atomic mass is 10.2. The van der Waals surface area contributed by atoms with Gasteiger partial charge >= 0.3 is 0 Å². The average Bonchev–Trinajstić information content (AvgIpc) is 2.47. The Bertz CT molecular complexity index is 811. The second kappa shape index (κ2) is 6.66. The first kappa shape index (κ1) is 15.9. The van der Waals surface area contributed by atoms with Crippen molar-refractivity contribution in [1.29, 1.82) is 0 Å². The Morgan fingerprint density at radius 3 is 3.09 bits per heavy atom. The molecule has 0 fully saturated rings. The zero-order chi connectivity index (χ0) is 15.7. The summed E-state index contributed by atoms with van der Waals surface area (Å²) in [6, 6.07) is 5.79. The minimum absolute atomic E-state index is 0.205. The Morgan fingerprint density at radius 1 is 1.50 bits per heavy atom. The number of hydrogen-bond acceptors (Lipinski definition) is 6. The average molecular weight is 418 g/mol. The van der Waals surface area contributed by atoms with Crippen molar-refractivity contribution in [2.75, 3.05) is 12.1 Å². The third-order valence-electron chi connectivity index (χ3n) is 2.93. The molecule has 1 aromatic carbocycles. The summed E-state index contributed by atoms with van der Waals surface area (Å²) < 4.78 is 1.74. The van der Waals surface area contributed by atoms with Crippen LogP contribution in [0.5, 0.6) is 0 Å². The van der Waals surface area contributed by atoms with Gasteiger partial charge in [-0.3, -0.25) is 9.80 Å². The van der Waals surface area contributed by atoms with Gasteiger partial charge in [-0.1, -0.05) is 57.1 Å². The fraction of sp³-hybridized carbons (Fsp3) is 0.154. The Morgan fingerprint density at radius 2 is 2.32 bits per heavy atom. The molecule has 0 aliphatic carbocycles. The highest BCUT2D eigenvalue weighted by Gasteiger charge is 2.21. The number of rotatable bonds is 2. The van der Waals surface area contributed by atoms with Gasteiger partial charge in [0.15, 0.2) is 4.38 Å². The van der Waals surface area contributed by atoms with Crippen LogP contribution in [0.4, 0.5) is 5.69 Å². The van der Waals surface area contributed by atoms with Gasteiger partial charge in [0.2, 0.25) is 0 Å². The molecule has 9 heteroatoms. The summed E-state index contributed by atoms with van der Waals surface area (Å²) in [5.74, 6) is 0.685. The van der Waals surface area contributed by atoms with Crippen LogP contribution in [0.3, 0.4) is 0 Å². The molecule has 1 aliphatic heterocycles. The highest BCUT2D eigenvalue weighted by Crippen LogP contribution is 2.36. The normalized spacial score (nSPS) is 13.8. The standard InChI is InChI=1S/C13H10BrClN4OS2/c1-19-10-5-16-17-12(20)11(10)22-13(18-19)21-6-7-2-3-8(14)4-9(7)15/h2-5H,6H2,1H3,(H,17,20). The topological polar surface area (TPSA) is 61.4 Å². The summed E-state index contributed by atoms with van der Waals surface area (Å²) in [6.45, 7) is 0. The monoisotopic (exact) mass is 416 g/mol. The molecule has 114 valence electrons. The van der Waals surface area contributed by atoms with E-state index in [1.807, 2.05) is 18.2 Å². The Kier molecular flexibility index (Phi) is 4.82. The second-order valence-electron chi connectivity index (χ2n) is 4.43. The van der Waals surface area contributed by atoms with Crippen molar-refractivity contribution < 1.29 is 0 Å². The summed E-state index contributed by atoms with van der Waals surface area (Å²) in [6.07, 6.45) is 1.60. The lowest BCUT2D eigenvalue weighted by molar-refractivity contribution is 0.899. The number of hydrogen-bond donors (Lipinski definition) is 1. The number of aromatic amines is 1. The van der Waals surface area contributed by atoms with E-state index in [-0.39, 0.29) is 5.56 Å². The molecule has 0 spiro atoms. The second-order valence-corrected chi connectivity index (χ2v) is 7.97. The molecule has 3 rings (SSSR count). The minimum atomic E-state index is -0.205. The van der Waals surface area contributed by atoms with E-state index in [0.717, 1.165) is 14.4 Å². The number of H-pyrrole nitrogens is 1. The molecule has 0 unspecified atom stereocenters. The molecule has 2 aromatic rings. The summed E-state index contributed by atoms with van der Waals surface area (Å²) in [5.41, 5.74) is 1.53. The van der Waals surface area contributed by atoms with Crippen molar-refractivity contribution in [1.82, 2.24) is 10.2 Å². The summed E-state index contributed by atoms with van der Waals surface area (Å²) >= 11 is 12.5. The van der Waals surface area contributed by atoms with Crippen LogP contribution in [0.15, 0.2) is 43.7 Å². The van der Waals surface area contributed by atoms with Crippen molar-refractivity contribution in [2.24, 2.45) is 5.10 Å². The van der Waals surface area contributed by atoms with E-state index in [0.29, 0.717) is 21.4 Å². The molecule has 1 aromatic heterocycles. The van der Waals surface area contributed by atoms with Crippen molar-refractivity contribution >= 4 is 61.1 Å². The third kappa shape index (κ3) is 3.34. The molecule has 0 saturated carbocycles. The highest BCUT2D eigenvalue weighted by molar-refractivity contribution is 9.10. The number of fused-ring (bicyclic) bond motifs is 1. The van der Waals surface area contributed by atoms with Crippen LogP contribution in [-0.2, 0) is 5.75 Å². The maximum Gasteiger partial charge on any atom is 0.280 e. The van der Waals surface area contributed by atoms with Gasteiger partial charge in [0.1, 0.15) is 4.90 Å². The molecule has 0 atom stereocenters. The lowest BCUT2D eigenvalue weighted by Gasteiger charge is -2.21. The van der Waals surface area contributed by atoms with Crippen LogP contribution in [0.25, 0.3) is 0 Å². The fourth-order valence-electron chi connectivity index (χ4n) is 1.83. The zero-order valence-electron chi connectivity index (χ0n) is 11.3. The maximum atomic E-state index is 11.9. The van der Waals surface area contributed by atoms with Gasteiger partial charge < -0.3 is 0 Å². The van der Waals surface area contributed by atoms with E-state index in [1.54, 1.807) is 30.0 Å². The summed E-state index contributed by atoms with van der Waals surface area (Å²) in [4.78, 5) is 12.5.